The zero-order valence-electron chi connectivity index (χ0n) is 8.44. The van der Waals surface area contributed by atoms with Gasteiger partial charge in [-0.25, -0.2) is 0 Å². The molecule has 2 nitrogen and oxygen atoms in total. The second-order valence-electron chi connectivity index (χ2n) is 3.66. The molecule has 0 aliphatic heterocycles. The smallest absolute Gasteiger partial charge is 0.0706 e. The summed E-state index contributed by atoms with van der Waals surface area (Å²) in [4.78, 5) is 4.42. The Morgan fingerprint density at radius 2 is 2.13 bits per heavy atom. The number of para-hydroxylation sites is 1. The largest absolute Gasteiger partial charge is 0.393 e. The van der Waals surface area contributed by atoms with E-state index >= 15 is 0 Å². The van der Waals surface area contributed by atoms with Crippen molar-refractivity contribution in [2.24, 2.45) is 0 Å². The van der Waals surface area contributed by atoms with Gasteiger partial charge in [0.25, 0.3) is 0 Å². The zero-order chi connectivity index (χ0) is 10.8. The highest BCUT2D eigenvalue weighted by Gasteiger charge is 2.07. The fourth-order valence-electron chi connectivity index (χ4n) is 1.55. The van der Waals surface area contributed by atoms with Crippen molar-refractivity contribution in [1.82, 2.24) is 4.98 Å². The minimum absolute atomic E-state index is 0.420. The van der Waals surface area contributed by atoms with Crippen molar-refractivity contribution in [1.29, 1.82) is 0 Å². The van der Waals surface area contributed by atoms with E-state index in [-0.39, 0.29) is 0 Å². The van der Waals surface area contributed by atoms with E-state index in [1.165, 1.54) is 0 Å². The van der Waals surface area contributed by atoms with E-state index in [0.29, 0.717) is 11.4 Å². The Labute approximate surface area is 93.5 Å². The van der Waals surface area contributed by atoms with E-state index in [1.54, 1.807) is 6.92 Å². The lowest BCUT2D eigenvalue weighted by Gasteiger charge is -2.07. The van der Waals surface area contributed by atoms with Crippen LogP contribution >= 0.6 is 11.6 Å². The molecule has 0 radical (unpaired) electrons. The van der Waals surface area contributed by atoms with Crippen LogP contribution < -0.4 is 0 Å². The van der Waals surface area contributed by atoms with Gasteiger partial charge in [-0.05, 0) is 19.1 Å². The molecule has 15 heavy (non-hydrogen) atoms. The first kappa shape index (κ1) is 10.4. The van der Waals surface area contributed by atoms with Crippen LogP contribution in [0.3, 0.4) is 0 Å². The summed E-state index contributed by atoms with van der Waals surface area (Å²) in [7, 11) is 0. The molecule has 1 aromatic carbocycles. The van der Waals surface area contributed by atoms with E-state index in [0.717, 1.165) is 16.6 Å². The molecule has 1 unspecified atom stereocenters. The summed E-state index contributed by atoms with van der Waals surface area (Å²) in [5.74, 6) is 0. The van der Waals surface area contributed by atoms with Gasteiger partial charge in [0.05, 0.1) is 22.3 Å². The van der Waals surface area contributed by atoms with E-state index in [4.69, 9.17) is 11.6 Å². The lowest BCUT2D eigenvalue weighted by atomic mass is 10.1. The van der Waals surface area contributed by atoms with Gasteiger partial charge in [-0.1, -0.05) is 29.8 Å². The van der Waals surface area contributed by atoms with Gasteiger partial charge in [-0.3, -0.25) is 4.98 Å². The molecular formula is C12H12ClNO. The number of aliphatic hydroxyl groups excluding tert-OH is 1. The molecule has 0 aliphatic carbocycles. The van der Waals surface area contributed by atoms with Gasteiger partial charge in [0.1, 0.15) is 0 Å². The quantitative estimate of drug-likeness (QED) is 0.846. The van der Waals surface area contributed by atoms with Crippen LogP contribution in [0, 0.1) is 0 Å². The molecule has 0 fully saturated rings. The number of pyridine rings is 1. The molecule has 0 saturated carbocycles. The molecule has 1 atom stereocenters. The number of fused-ring (bicyclic) bond motifs is 1. The first-order chi connectivity index (χ1) is 7.16. The van der Waals surface area contributed by atoms with Crippen LogP contribution in [0.15, 0.2) is 30.3 Å². The molecule has 2 rings (SSSR count). The first-order valence-electron chi connectivity index (χ1n) is 4.89. The van der Waals surface area contributed by atoms with Crippen molar-refractivity contribution < 1.29 is 5.11 Å². The molecule has 1 aromatic heterocycles. The molecular weight excluding hydrogens is 210 g/mol. The Hall–Kier alpha value is -1.12. The molecule has 3 heteroatoms. The van der Waals surface area contributed by atoms with Gasteiger partial charge in [-0.15, -0.1) is 0 Å². The maximum Gasteiger partial charge on any atom is 0.0706 e. The van der Waals surface area contributed by atoms with Crippen LogP contribution in [0.25, 0.3) is 10.9 Å². The van der Waals surface area contributed by atoms with Crippen molar-refractivity contribution in [3.8, 4) is 0 Å². The average molecular weight is 222 g/mol. The Bertz CT molecular complexity index is 482. The second-order valence-corrected chi connectivity index (χ2v) is 4.07. The predicted octanol–water partition coefficient (Wildman–Crippen LogP) is 2.81. The number of rotatable bonds is 2. The maximum atomic E-state index is 9.30. The first-order valence-corrected chi connectivity index (χ1v) is 5.27. The predicted molar refractivity (Wildman–Crippen MR) is 62.1 cm³/mol. The van der Waals surface area contributed by atoms with Crippen molar-refractivity contribution in [2.75, 3.05) is 0 Å². The standard InChI is InChI=1S/C12H12ClNO/c1-8(15)6-12-10(13)7-9-4-2-3-5-11(9)14-12/h2-5,7-8,15H,6H2,1H3. The van der Waals surface area contributed by atoms with Crippen molar-refractivity contribution in [3.05, 3.63) is 41.0 Å². The maximum absolute atomic E-state index is 9.30. The number of aromatic nitrogens is 1. The average Bonchev–Trinajstić information content (AvgIpc) is 2.18. The normalized spacial score (nSPS) is 13.0. The number of hydrogen-bond donors (Lipinski definition) is 1. The second kappa shape index (κ2) is 4.17. The summed E-state index contributed by atoms with van der Waals surface area (Å²) in [6, 6.07) is 9.70. The summed E-state index contributed by atoms with van der Waals surface area (Å²) in [6.45, 7) is 1.73. The molecule has 0 amide bonds. The SMILES string of the molecule is CC(O)Cc1nc2ccccc2cc1Cl. The molecule has 78 valence electrons. The van der Waals surface area contributed by atoms with Crippen LogP contribution in [-0.2, 0) is 6.42 Å². The minimum Gasteiger partial charge on any atom is -0.393 e. The Morgan fingerprint density at radius 1 is 1.40 bits per heavy atom. The number of aliphatic hydroxyl groups is 1. The number of nitrogens with zero attached hydrogens (tertiary/aromatic N) is 1. The molecule has 1 heterocycles. The van der Waals surface area contributed by atoms with Gasteiger partial charge in [0, 0.05) is 11.8 Å². The fourth-order valence-corrected chi connectivity index (χ4v) is 1.79. The zero-order valence-corrected chi connectivity index (χ0v) is 9.20. The van der Waals surface area contributed by atoms with Crippen molar-refractivity contribution in [3.63, 3.8) is 0 Å². The van der Waals surface area contributed by atoms with E-state index in [2.05, 4.69) is 4.98 Å². The monoisotopic (exact) mass is 221 g/mol. The van der Waals surface area contributed by atoms with Gasteiger partial charge in [-0.2, -0.15) is 0 Å². The van der Waals surface area contributed by atoms with Crippen LogP contribution in [0.5, 0.6) is 0 Å². The summed E-state index contributed by atoms with van der Waals surface area (Å²) in [6.07, 6.45) is 0.0695. The van der Waals surface area contributed by atoms with Gasteiger partial charge in [0.2, 0.25) is 0 Å². The highest BCUT2D eigenvalue weighted by atomic mass is 35.5. The fraction of sp³-hybridized carbons (Fsp3) is 0.250. The van der Waals surface area contributed by atoms with Gasteiger partial charge < -0.3 is 5.11 Å². The van der Waals surface area contributed by atoms with E-state index < -0.39 is 6.10 Å². The lowest BCUT2D eigenvalue weighted by molar-refractivity contribution is 0.194. The lowest BCUT2D eigenvalue weighted by Crippen LogP contribution is -2.06. The summed E-state index contributed by atoms with van der Waals surface area (Å²) >= 11 is 6.07. The van der Waals surface area contributed by atoms with Crippen LogP contribution in [0.4, 0.5) is 0 Å². The van der Waals surface area contributed by atoms with Crippen LogP contribution in [-0.4, -0.2) is 16.2 Å². The molecule has 0 bridgehead atoms. The number of halogens is 1. The van der Waals surface area contributed by atoms with Crippen LogP contribution in [0.1, 0.15) is 12.6 Å². The van der Waals surface area contributed by atoms with Gasteiger partial charge in [0.15, 0.2) is 0 Å². The summed E-state index contributed by atoms with van der Waals surface area (Å²) in [5, 5.41) is 10.9. The molecule has 2 aromatic rings. The summed E-state index contributed by atoms with van der Waals surface area (Å²) < 4.78 is 0. The third-order valence-electron chi connectivity index (χ3n) is 2.24. The molecule has 1 N–H and O–H groups in total. The van der Waals surface area contributed by atoms with Gasteiger partial charge >= 0.3 is 0 Å². The number of benzene rings is 1. The molecule has 0 spiro atoms. The van der Waals surface area contributed by atoms with Crippen LogP contribution in [0.2, 0.25) is 5.02 Å². The Morgan fingerprint density at radius 3 is 2.87 bits per heavy atom. The minimum atomic E-state index is -0.420. The highest BCUT2D eigenvalue weighted by molar-refractivity contribution is 6.31. The number of hydrogen-bond acceptors (Lipinski definition) is 2. The van der Waals surface area contributed by atoms with Crippen molar-refractivity contribution >= 4 is 22.5 Å². The van der Waals surface area contributed by atoms with E-state index in [9.17, 15) is 5.11 Å². The summed E-state index contributed by atoms with van der Waals surface area (Å²) in [5.41, 5.74) is 1.67. The third kappa shape index (κ3) is 2.28. The highest BCUT2D eigenvalue weighted by Crippen LogP contribution is 2.21. The Kier molecular flexibility index (Phi) is 2.89. The molecule has 0 aliphatic rings. The topological polar surface area (TPSA) is 33.1 Å². The Balaban J connectivity index is 2.52. The molecule has 0 saturated heterocycles. The third-order valence-corrected chi connectivity index (χ3v) is 2.57. The van der Waals surface area contributed by atoms with Crippen molar-refractivity contribution in [2.45, 2.75) is 19.4 Å². The van der Waals surface area contributed by atoms with E-state index in [1.807, 2.05) is 30.3 Å².